The number of aromatic nitrogens is 4. The highest BCUT2D eigenvalue weighted by atomic mass is 32.1. The predicted molar refractivity (Wildman–Crippen MR) is 114 cm³/mol. The molecule has 1 aromatic carbocycles. The lowest BCUT2D eigenvalue weighted by molar-refractivity contribution is -0.133. The molecule has 8 heteroatoms. The van der Waals surface area contributed by atoms with Gasteiger partial charge in [0, 0.05) is 44.5 Å². The van der Waals surface area contributed by atoms with Crippen LogP contribution < -0.4 is 0 Å². The van der Waals surface area contributed by atoms with E-state index in [2.05, 4.69) is 20.1 Å². The Bertz CT molecular complexity index is 1020. The number of hydrogen-bond acceptors (Lipinski definition) is 5. The molecule has 0 saturated carbocycles. The summed E-state index contributed by atoms with van der Waals surface area (Å²) in [7, 11) is 0. The average Bonchev–Trinajstić information content (AvgIpc) is 3.10. The third-order valence-electron chi connectivity index (χ3n) is 5.20. The summed E-state index contributed by atoms with van der Waals surface area (Å²) < 4.78 is 2.24. The molecule has 4 rings (SSSR count). The highest BCUT2D eigenvalue weighted by molar-refractivity contribution is 7.71. The Hall–Kier alpha value is -2.84. The van der Waals surface area contributed by atoms with Gasteiger partial charge in [0.1, 0.15) is 6.54 Å². The number of nitrogens with zero attached hydrogens (tertiary/aromatic N) is 5. The number of piperazine rings is 1. The van der Waals surface area contributed by atoms with Crippen LogP contribution in [-0.4, -0.2) is 61.6 Å². The van der Waals surface area contributed by atoms with Gasteiger partial charge in [0.25, 0.3) is 0 Å². The second-order valence-electron chi connectivity index (χ2n) is 7.28. The van der Waals surface area contributed by atoms with Gasteiger partial charge in [0.15, 0.2) is 10.6 Å². The van der Waals surface area contributed by atoms with Gasteiger partial charge in [-0.05, 0) is 31.3 Å². The van der Waals surface area contributed by atoms with Gasteiger partial charge in [0.2, 0.25) is 5.91 Å². The van der Waals surface area contributed by atoms with Crippen LogP contribution in [0.3, 0.4) is 0 Å². The number of aryl methyl sites for hydroxylation is 1. The normalized spacial score (nSPS) is 14.9. The number of pyridine rings is 1. The van der Waals surface area contributed by atoms with Crippen molar-refractivity contribution in [2.24, 2.45) is 0 Å². The highest BCUT2D eigenvalue weighted by Gasteiger charge is 2.23. The molecule has 1 amide bonds. The molecule has 2 aromatic heterocycles. The summed E-state index contributed by atoms with van der Waals surface area (Å²) in [5, 5.41) is 7.16. The third kappa shape index (κ3) is 4.60. The van der Waals surface area contributed by atoms with Crippen LogP contribution in [-0.2, 0) is 17.9 Å². The van der Waals surface area contributed by atoms with E-state index >= 15 is 0 Å². The smallest absolute Gasteiger partial charge is 0.242 e. The molecule has 0 radical (unpaired) electrons. The number of aromatic amines is 1. The van der Waals surface area contributed by atoms with E-state index in [1.54, 1.807) is 4.57 Å². The Labute approximate surface area is 175 Å². The second-order valence-corrected chi connectivity index (χ2v) is 7.67. The average molecular weight is 409 g/mol. The van der Waals surface area contributed by atoms with Crippen LogP contribution in [0.25, 0.3) is 11.4 Å². The maximum Gasteiger partial charge on any atom is 0.242 e. The van der Waals surface area contributed by atoms with Crippen LogP contribution in [0.1, 0.15) is 11.3 Å². The quantitative estimate of drug-likeness (QED) is 0.658. The molecule has 0 unspecified atom stereocenters. The molecule has 0 atom stereocenters. The molecule has 150 valence electrons. The SMILES string of the molecule is Cc1ccc(-c2n[nH]c(=S)n2CC(=O)N2CCN(Cc3ccccn3)CC2)cc1. The predicted octanol–water partition coefficient (Wildman–Crippen LogP) is 2.66. The molecule has 3 heterocycles. The molecule has 1 fully saturated rings. The lowest BCUT2D eigenvalue weighted by Crippen LogP contribution is -2.49. The lowest BCUT2D eigenvalue weighted by atomic mass is 10.1. The van der Waals surface area contributed by atoms with Crippen molar-refractivity contribution in [2.45, 2.75) is 20.0 Å². The summed E-state index contributed by atoms with van der Waals surface area (Å²) in [5.41, 5.74) is 3.17. The largest absolute Gasteiger partial charge is 0.339 e. The Morgan fingerprint density at radius 3 is 2.55 bits per heavy atom. The fourth-order valence-corrected chi connectivity index (χ4v) is 3.70. The number of carbonyl (C=O) groups is 1. The van der Waals surface area contributed by atoms with Crippen molar-refractivity contribution in [1.29, 1.82) is 0 Å². The number of hydrogen-bond donors (Lipinski definition) is 1. The van der Waals surface area contributed by atoms with Crippen LogP contribution >= 0.6 is 12.2 Å². The first-order valence-electron chi connectivity index (χ1n) is 9.72. The first kappa shape index (κ1) is 19.5. The van der Waals surface area contributed by atoms with Gasteiger partial charge in [-0.1, -0.05) is 35.9 Å². The van der Waals surface area contributed by atoms with E-state index in [-0.39, 0.29) is 12.5 Å². The van der Waals surface area contributed by atoms with Crippen molar-refractivity contribution in [2.75, 3.05) is 26.2 Å². The molecule has 0 spiro atoms. The summed E-state index contributed by atoms with van der Waals surface area (Å²) in [6.07, 6.45) is 1.81. The van der Waals surface area contributed by atoms with Crippen LogP contribution in [0.2, 0.25) is 0 Å². The Morgan fingerprint density at radius 1 is 1.10 bits per heavy atom. The minimum absolute atomic E-state index is 0.0633. The van der Waals surface area contributed by atoms with Crippen molar-refractivity contribution < 1.29 is 4.79 Å². The van der Waals surface area contributed by atoms with E-state index in [1.165, 1.54) is 5.56 Å². The molecule has 29 heavy (non-hydrogen) atoms. The van der Waals surface area contributed by atoms with Crippen LogP contribution in [0.5, 0.6) is 0 Å². The number of H-pyrrole nitrogens is 1. The summed E-state index contributed by atoms with van der Waals surface area (Å²) in [4.78, 5) is 21.5. The van der Waals surface area contributed by atoms with Gasteiger partial charge >= 0.3 is 0 Å². The van der Waals surface area contributed by atoms with E-state index in [4.69, 9.17) is 12.2 Å². The van der Waals surface area contributed by atoms with Gasteiger partial charge in [-0.3, -0.25) is 24.3 Å². The van der Waals surface area contributed by atoms with Gasteiger partial charge in [-0.15, -0.1) is 0 Å². The molecule has 0 aliphatic carbocycles. The van der Waals surface area contributed by atoms with Gasteiger partial charge in [-0.2, -0.15) is 5.10 Å². The minimum atomic E-state index is 0.0633. The van der Waals surface area contributed by atoms with E-state index in [0.29, 0.717) is 23.7 Å². The molecular formula is C21H24N6OS. The molecule has 1 saturated heterocycles. The first-order chi connectivity index (χ1) is 14.1. The molecule has 1 N–H and O–H groups in total. The van der Waals surface area contributed by atoms with Crippen molar-refractivity contribution in [3.63, 3.8) is 0 Å². The fraction of sp³-hybridized carbons (Fsp3) is 0.333. The first-order valence-corrected chi connectivity index (χ1v) is 10.1. The zero-order chi connectivity index (χ0) is 20.2. The number of rotatable bonds is 5. The number of amides is 1. The number of nitrogens with one attached hydrogen (secondary N) is 1. The number of benzene rings is 1. The van der Waals surface area contributed by atoms with E-state index in [9.17, 15) is 4.79 Å². The van der Waals surface area contributed by atoms with Crippen molar-refractivity contribution >= 4 is 18.1 Å². The molecule has 3 aromatic rings. The molecular weight excluding hydrogens is 384 g/mol. The Kier molecular flexibility index (Phi) is 5.82. The maximum atomic E-state index is 12.9. The minimum Gasteiger partial charge on any atom is -0.339 e. The molecule has 7 nitrogen and oxygen atoms in total. The summed E-state index contributed by atoms with van der Waals surface area (Å²) in [6, 6.07) is 14.0. The summed E-state index contributed by atoms with van der Waals surface area (Å²) in [5.74, 6) is 0.755. The Morgan fingerprint density at radius 2 is 1.86 bits per heavy atom. The van der Waals surface area contributed by atoms with Crippen molar-refractivity contribution in [3.8, 4) is 11.4 Å². The van der Waals surface area contributed by atoms with E-state index in [0.717, 1.165) is 30.9 Å². The second kappa shape index (κ2) is 8.67. The zero-order valence-electron chi connectivity index (χ0n) is 16.4. The topological polar surface area (TPSA) is 70.1 Å². The van der Waals surface area contributed by atoms with Crippen molar-refractivity contribution in [3.05, 3.63) is 64.7 Å². The summed E-state index contributed by atoms with van der Waals surface area (Å²) in [6.45, 7) is 6.13. The van der Waals surface area contributed by atoms with Gasteiger partial charge in [0.05, 0.1) is 5.69 Å². The van der Waals surface area contributed by atoms with Crippen molar-refractivity contribution in [1.82, 2.24) is 29.5 Å². The molecule has 1 aliphatic heterocycles. The van der Waals surface area contributed by atoms with E-state index in [1.807, 2.05) is 60.5 Å². The lowest BCUT2D eigenvalue weighted by Gasteiger charge is -2.34. The van der Waals surface area contributed by atoms with Gasteiger partial charge in [-0.25, -0.2) is 0 Å². The van der Waals surface area contributed by atoms with Crippen LogP contribution in [0, 0.1) is 11.7 Å². The highest BCUT2D eigenvalue weighted by Crippen LogP contribution is 2.18. The zero-order valence-corrected chi connectivity index (χ0v) is 17.2. The maximum absolute atomic E-state index is 12.9. The van der Waals surface area contributed by atoms with E-state index < -0.39 is 0 Å². The molecule has 0 bridgehead atoms. The van der Waals surface area contributed by atoms with Crippen LogP contribution in [0.15, 0.2) is 48.7 Å². The molecule has 1 aliphatic rings. The van der Waals surface area contributed by atoms with Crippen LogP contribution in [0.4, 0.5) is 0 Å². The Balaban J connectivity index is 1.39. The fourth-order valence-electron chi connectivity index (χ4n) is 3.50. The third-order valence-corrected chi connectivity index (χ3v) is 5.51. The van der Waals surface area contributed by atoms with Gasteiger partial charge < -0.3 is 4.90 Å². The standard InChI is InChI=1S/C21H24N6OS/c1-16-5-7-17(8-6-16)20-23-24-21(29)27(20)15-19(28)26-12-10-25(11-13-26)14-18-4-2-3-9-22-18/h2-9H,10-15H2,1H3,(H,24,29). The monoisotopic (exact) mass is 408 g/mol. The summed E-state index contributed by atoms with van der Waals surface area (Å²) >= 11 is 5.37. The number of carbonyl (C=O) groups excluding carboxylic acids is 1.